The number of non-ortho nitro benzene ring substituents is 1. The van der Waals surface area contributed by atoms with E-state index in [-0.39, 0.29) is 47.3 Å². The van der Waals surface area contributed by atoms with Gasteiger partial charge in [-0.15, -0.1) is 0 Å². The maximum atomic E-state index is 13.2. The van der Waals surface area contributed by atoms with Gasteiger partial charge in [-0.3, -0.25) is 28.9 Å². The summed E-state index contributed by atoms with van der Waals surface area (Å²) in [7, 11) is -2.29. The van der Waals surface area contributed by atoms with Crippen molar-refractivity contribution in [3.63, 3.8) is 0 Å². The summed E-state index contributed by atoms with van der Waals surface area (Å²) in [4.78, 5) is 39.2. The van der Waals surface area contributed by atoms with Crippen molar-refractivity contribution in [1.29, 1.82) is 0 Å². The average Bonchev–Trinajstić information content (AvgIpc) is 3.06. The molecule has 1 atom stereocenters. The molecule has 0 bridgehead atoms. The normalized spacial score (nSPS) is 17.0. The number of carbonyl (C=O) groups excluding carboxylic acids is 1. The third-order valence-electron chi connectivity index (χ3n) is 8.07. The molecule has 3 rings (SSSR count). The van der Waals surface area contributed by atoms with Gasteiger partial charge in [-0.2, -0.15) is 0 Å². The Morgan fingerprint density at radius 3 is 2.41 bits per heavy atom. The maximum Gasteiger partial charge on any atom is 0.312 e. The van der Waals surface area contributed by atoms with Crippen LogP contribution in [0.15, 0.2) is 59.3 Å². The van der Waals surface area contributed by atoms with E-state index in [2.05, 4.69) is 18.7 Å². The molecule has 1 amide bonds. The quantitative estimate of drug-likeness (QED) is 0.237. The minimum absolute atomic E-state index is 0.0109. The lowest BCUT2D eigenvalue weighted by Crippen LogP contribution is -2.35. The molecular weight excluding hydrogens is 614 g/mol. The monoisotopic (exact) mass is 659 g/mol. The third kappa shape index (κ3) is 8.62. The number of ether oxygens (including phenoxy) is 1. The number of aliphatic carboxylic acids is 1. The van der Waals surface area contributed by atoms with Crippen molar-refractivity contribution < 1.29 is 32.8 Å². The van der Waals surface area contributed by atoms with Gasteiger partial charge < -0.3 is 20.5 Å². The molecule has 1 saturated heterocycles. The fraction of sp³-hybridized carbons (Fsp3) is 0.500. The minimum atomic E-state index is -4.09. The highest BCUT2D eigenvalue weighted by atomic mass is 32.2. The predicted molar refractivity (Wildman–Crippen MR) is 173 cm³/mol. The Balaban J connectivity index is 1.88. The number of carboxylic acid groups (broad SMARTS) is 1. The van der Waals surface area contributed by atoms with Crippen LogP contribution in [0.1, 0.15) is 57.4 Å². The summed E-state index contributed by atoms with van der Waals surface area (Å²) in [6.45, 7) is 12.7. The number of nitrogens with zero attached hydrogens (tertiary/aromatic N) is 4. The topological polar surface area (TPSA) is 177 Å². The van der Waals surface area contributed by atoms with Crippen molar-refractivity contribution in [2.24, 2.45) is 16.6 Å². The van der Waals surface area contributed by atoms with Gasteiger partial charge in [0.1, 0.15) is 0 Å². The zero-order chi connectivity index (χ0) is 34.6. The first kappa shape index (κ1) is 36.5. The summed E-state index contributed by atoms with van der Waals surface area (Å²) in [6, 6.07) is 10.1. The van der Waals surface area contributed by atoms with Crippen LogP contribution in [-0.2, 0) is 30.9 Å². The van der Waals surface area contributed by atoms with Gasteiger partial charge in [0, 0.05) is 51.6 Å². The Hall–Kier alpha value is -4.01. The van der Waals surface area contributed by atoms with E-state index < -0.39 is 32.4 Å². The molecule has 1 heterocycles. The Morgan fingerprint density at radius 1 is 1.22 bits per heavy atom. The molecule has 3 N–H and O–H groups in total. The summed E-state index contributed by atoms with van der Waals surface area (Å²) >= 11 is 0. The molecule has 2 aromatic rings. The number of carbonyl (C=O) groups is 2. The zero-order valence-corrected chi connectivity index (χ0v) is 28.3. The van der Waals surface area contributed by atoms with Crippen LogP contribution >= 0.6 is 0 Å². The molecule has 252 valence electrons. The smallest absolute Gasteiger partial charge is 0.312 e. The van der Waals surface area contributed by atoms with Gasteiger partial charge in [-0.05, 0) is 61.9 Å². The van der Waals surface area contributed by atoms with E-state index >= 15 is 0 Å². The van der Waals surface area contributed by atoms with Crippen LogP contribution in [-0.4, -0.2) is 84.3 Å². The van der Waals surface area contributed by atoms with Crippen LogP contribution in [0.2, 0.25) is 0 Å². The molecule has 1 unspecified atom stereocenters. The summed E-state index contributed by atoms with van der Waals surface area (Å²) in [6.07, 6.45) is 0.239. The molecule has 1 aliphatic rings. The summed E-state index contributed by atoms with van der Waals surface area (Å²) in [5.41, 5.74) is 7.00. The first-order valence-corrected chi connectivity index (χ1v) is 16.4. The Morgan fingerprint density at radius 2 is 1.85 bits per heavy atom. The molecule has 46 heavy (non-hydrogen) atoms. The van der Waals surface area contributed by atoms with E-state index in [9.17, 15) is 33.2 Å². The van der Waals surface area contributed by atoms with Gasteiger partial charge in [0.05, 0.1) is 40.2 Å². The second-order valence-electron chi connectivity index (χ2n) is 13.1. The van der Waals surface area contributed by atoms with Crippen molar-refractivity contribution in [2.75, 3.05) is 39.8 Å². The average molecular weight is 660 g/mol. The number of carboxylic acids is 1. The number of nitrogens with two attached hydrogens (primary N) is 1. The van der Waals surface area contributed by atoms with Crippen molar-refractivity contribution in [2.45, 2.75) is 59.1 Å². The molecule has 0 radical (unpaired) electrons. The second-order valence-corrected chi connectivity index (χ2v) is 15.0. The number of benzene rings is 2. The van der Waals surface area contributed by atoms with E-state index in [1.54, 1.807) is 38.8 Å². The summed E-state index contributed by atoms with van der Waals surface area (Å²) < 4.78 is 33.6. The second kappa shape index (κ2) is 14.2. The molecule has 13 nitrogen and oxygen atoms in total. The lowest BCUT2D eigenvalue weighted by atomic mass is 9.81. The van der Waals surface area contributed by atoms with Gasteiger partial charge in [-0.25, -0.2) is 8.42 Å². The van der Waals surface area contributed by atoms with E-state index in [1.165, 1.54) is 6.20 Å². The number of sulfonamides is 1. The van der Waals surface area contributed by atoms with E-state index in [4.69, 9.17) is 10.5 Å². The maximum absolute atomic E-state index is 13.2. The SMILES string of the molecule is CCN(/C=C(\N)COC(c1ccc(C)c(CN2CC(=O)N(C)CC(C)(C)C2)c1)C(C)(C)C(=O)O)S(=O)(=O)c1ccc([N+](=O)[O-])cc1. The van der Waals surface area contributed by atoms with Crippen molar-refractivity contribution >= 4 is 27.6 Å². The number of hydrogen-bond acceptors (Lipinski definition) is 9. The number of likely N-dealkylation sites (N-methyl/N-ethyl adjacent to an activating group) is 1. The molecule has 14 heteroatoms. The van der Waals surface area contributed by atoms with Crippen LogP contribution in [0.25, 0.3) is 0 Å². The molecule has 0 aliphatic carbocycles. The highest BCUT2D eigenvalue weighted by Gasteiger charge is 2.39. The lowest BCUT2D eigenvalue weighted by molar-refractivity contribution is -0.384. The molecule has 0 saturated carbocycles. The minimum Gasteiger partial charge on any atom is -0.481 e. The van der Waals surface area contributed by atoms with Crippen LogP contribution in [0.3, 0.4) is 0 Å². The van der Waals surface area contributed by atoms with Crippen LogP contribution in [0, 0.1) is 27.9 Å². The van der Waals surface area contributed by atoms with Gasteiger partial charge >= 0.3 is 5.97 Å². The van der Waals surface area contributed by atoms with Crippen molar-refractivity contribution in [1.82, 2.24) is 14.1 Å². The number of nitro groups is 1. The first-order valence-electron chi connectivity index (χ1n) is 14.9. The van der Waals surface area contributed by atoms with Crippen molar-refractivity contribution in [3.05, 3.63) is 81.2 Å². The Bertz CT molecular complexity index is 1590. The fourth-order valence-corrected chi connectivity index (χ4v) is 6.94. The first-order chi connectivity index (χ1) is 21.3. The number of aryl methyl sites for hydroxylation is 1. The Kier molecular flexibility index (Phi) is 11.2. The van der Waals surface area contributed by atoms with E-state index in [0.29, 0.717) is 25.2 Å². The van der Waals surface area contributed by atoms with Gasteiger partial charge in [0.2, 0.25) is 5.91 Å². The van der Waals surface area contributed by atoms with Crippen LogP contribution in [0.5, 0.6) is 0 Å². The molecule has 0 spiro atoms. The largest absolute Gasteiger partial charge is 0.481 e. The molecule has 1 aliphatic heterocycles. The standard InChI is InChI=1S/C32H45N5O8S/c1-8-36(46(43,44)27-13-11-26(12-14-27)37(41)42)17-25(33)19-45-29(32(5,6)30(39)40)23-10-9-22(2)24(15-23)16-35-18-28(38)34(7)20-31(3,4)21-35/h9-15,17,29H,8,16,18-21,33H2,1-7H3,(H,39,40)/b25-17-. The number of nitro benzene ring substituents is 1. The highest BCUT2D eigenvalue weighted by Crippen LogP contribution is 2.38. The van der Waals surface area contributed by atoms with Crippen LogP contribution < -0.4 is 5.73 Å². The summed E-state index contributed by atoms with van der Waals surface area (Å²) in [5, 5.41) is 21.1. The zero-order valence-electron chi connectivity index (χ0n) is 27.5. The molecule has 0 aromatic heterocycles. The van der Waals surface area contributed by atoms with Crippen LogP contribution in [0.4, 0.5) is 5.69 Å². The van der Waals surface area contributed by atoms with E-state index in [0.717, 1.165) is 39.7 Å². The van der Waals surface area contributed by atoms with Crippen molar-refractivity contribution in [3.8, 4) is 0 Å². The predicted octanol–water partition coefficient (Wildman–Crippen LogP) is 3.88. The Labute approximate surface area is 270 Å². The van der Waals surface area contributed by atoms with E-state index in [1.807, 2.05) is 19.1 Å². The fourth-order valence-electron chi connectivity index (χ4n) is 5.57. The van der Waals surface area contributed by atoms with Gasteiger partial charge in [0.15, 0.2) is 0 Å². The lowest BCUT2D eigenvalue weighted by Gasteiger charge is -2.32. The van der Waals surface area contributed by atoms with Gasteiger partial charge in [0.25, 0.3) is 15.7 Å². The summed E-state index contributed by atoms with van der Waals surface area (Å²) in [5.74, 6) is -1.06. The molecular formula is C32H45N5O8S. The number of amides is 1. The highest BCUT2D eigenvalue weighted by molar-refractivity contribution is 7.89. The molecule has 2 aromatic carbocycles. The number of rotatable bonds is 13. The van der Waals surface area contributed by atoms with Gasteiger partial charge in [-0.1, -0.05) is 32.0 Å². The number of hydrogen-bond donors (Lipinski definition) is 2. The molecule has 1 fully saturated rings. The third-order valence-corrected chi connectivity index (χ3v) is 9.92.